The number of aryl methyl sites for hydroxylation is 2. The fraction of sp³-hybridized carbons (Fsp3) is 0.429. The molecule has 2 aromatic rings. The Morgan fingerprint density at radius 1 is 1.28 bits per heavy atom. The van der Waals surface area contributed by atoms with Gasteiger partial charge < -0.3 is 4.98 Å². The van der Waals surface area contributed by atoms with E-state index in [2.05, 4.69) is 28.2 Å². The Labute approximate surface area is 111 Å². The van der Waals surface area contributed by atoms with Crippen molar-refractivity contribution in [3.63, 3.8) is 0 Å². The van der Waals surface area contributed by atoms with Crippen molar-refractivity contribution in [1.82, 2.24) is 9.97 Å². The van der Waals surface area contributed by atoms with E-state index >= 15 is 0 Å². The fourth-order valence-corrected chi connectivity index (χ4v) is 3.21. The molecule has 0 saturated carbocycles. The van der Waals surface area contributed by atoms with Crippen LogP contribution in [0.2, 0.25) is 0 Å². The molecule has 1 heterocycles. The summed E-state index contributed by atoms with van der Waals surface area (Å²) in [6, 6.07) is 6.64. The summed E-state index contributed by atoms with van der Waals surface area (Å²) in [5.41, 5.74) is 5.14. The van der Waals surface area contributed by atoms with Crippen LogP contribution in [-0.4, -0.2) is 15.7 Å². The monoisotopic (exact) mass is 257 g/mol. The Bertz CT molecular complexity index is 566. The van der Waals surface area contributed by atoms with E-state index in [4.69, 9.17) is 5.26 Å². The van der Waals surface area contributed by atoms with E-state index < -0.39 is 0 Å². The normalized spacial score (nSPS) is 14.4. The lowest BCUT2D eigenvalue weighted by Gasteiger charge is -2.14. The second-order valence-electron chi connectivity index (χ2n) is 4.64. The lowest BCUT2D eigenvalue weighted by atomic mass is 9.91. The predicted molar refractivity (Wildman–Crippen MR) is 73.7 cm³/mol. The summed E-state index contributed by atoms with van der Waals surface area (Å²) in [5.74, 6) is 0.802. The summed E-state index contributed by atoms with van der Waals surface area (Å²) in [5, 5.41) is 9.47. The number of aromatic nitrogens is 2. The minimum Gasteiger partial charge on any atom is -0.333 e. The number of imidazole rings is 1. The molecule has 0 spiro atoms. The molecule has 0 radical (unpaired) electrons. The molecule has 0 aliphatic heterocycles. The Balaban J connectivity index is 1.89. The molecule has 0 fully saturated rings. The second kappa shape index (κ2) is 5.03. The van der Waals surface area contributed by atoms with Crippen LogP contribution in [0, 0.1) is 11.3 Å². The molecule has 92 valence electrons. The van der Waals surface area contributed by atoms with Crippen molar-refractivity contribution in [1.29, 1.82) is 5.26 Å². The van der Waals surface area contributed by atoms with Gasteiger partial charge in [-0.25, -0.2) is 4.98 Å². The number of nitrogens with one attached hydrogen (secondary N) is 1. The van der Waals surface area contributed by atoms with Crippen LogP contribution in [0.15, 0.2) is 17.3 Å². The first kappa shape index (κ1) is 11.6. The number of benzene rings is 1. The molecule has 0 saturated heterocycles. The van der Waals surface area contributed by atoms with Crippen molar-refractivity contribution >= 4 is 22.8 Å². The third kappa shape index (κ3) is 2.23. The van der Waals surface area contributed by atoms with Gasteiger partial charge in [-0.3, -0.25) is 0 Å². The maximum absolute atomic E-state index is 8.53. The number of fused-ring (bicyclic) bond motifs is 2. The number of aromatic amines is 1. The van der Waals surface area contributed by atoms with Crippen LogP contribution in [0.25, 0.3) is 11.0 Å². The van der Waals surface area contributed by atoms with Crippen molar-refractivity contribution < 1.29 is 0 Å². The number of hydrogen-bond acceptors (Lipinski definition) is 3. The van der Waals surface area contributed by atoms with Crippen LogP contribution in [0.4, 0.5) is 0 Å². The highest BCUT2D eigenvalue weighted by molar-refractivity contribution is 7.99. The van der Waals surface area contributed by atoms with E-state index in [1.165, 1.54) is 36.8 Å². The van der Waals surface area contributed by atoms with E-state index in [9.17, 15) is 0 Å². The molecular weight excluding hydrogens is 242 g/mol. The minimum atomic E-state index is 0.568. The topological polar surface area (TPSA) is 52.5 Å². The Kier molecular flexibility index (Phi) is 3.24. The number of thioether (sulfide) groups is 1. The van der Waals surface area contributed by atoms with Crippen LogP contribution in [0.1, 0.15) is 30.4 Å². The number of rotatable bonds is 3. The van der Waals surface area contributed by atoms with E-state index in [0.717, 1.165) is 21.9 Å². The van der Waals surface area contributed by atoms with E-state index in [1.807, 2.05) is 0 Å². The van der Waals surface area contributed by atoms with Gasteiger partial charge in [0.2, 0.25) is 0 Å². The van der Waals surface area contributed by atoms with Crippen LogP contribution in [0.3, 0.4) is 0 Å². The van der Waals surface area contributed by atoms with Crippen molar-refractivity contribution in [2.75, 3.05) is 5.75 Å². The molecule has 0 unspecified atom stereocenters. The lowest BCUT2D eigenvalue weighted by Crippen LogP contribution is -2.01. The zero-order chi connectivity index (χ0) is 12.4. The van der Waals surface area contributed by atoms with Gasteiger partial charge in [0.05, 0.1) is 17.1 Å². The minimum absolute atomic E-state index is 0.568. The highest BCUT2D eigenvalue weighted by atomic mass is 32.2. The predicted octanol–water partition coefficient (Wildman–Crippen LogP) is 3.45. The van der Waals surface area contributed by atoms with Gasteiger partial charge in [0.15, 0.2) is 5.16 Å². The maximum atomic E-state index is 8.53. The SMILES string of the molecule is N#CCCSc1nc2cc3c(cc2[nH]1)CCCC3. The summed E-state index contributed by atoms with van der Waals surface area (Å²) in [6.07, 6.45) is 5.55. The zero-order valence-electron chi connectivity index (χ0n) is 10.2. The summed E-state index contributed by atoms with van der Waals surface area (Å²) in [7, 11) is 0. The van der Waals surface area contributed by atoms with E-state index in [0.29, 0.717) is 6.42 Å². The third-order valence-electron chi connectivity index (χ3n) is 3.38. The smallest absolute Gasteiger partial charge is 0.166 e. The second-order valence-corrected chi connectivity index (χ2v) is 5.73. The van der Waals surface area contributed by atoms with Gasteiger partial charge in [0.25, 0.3) is 0 Å². The molecule has 1 aliphatic carbocycles. The van der Waals surface area contributed by atoms with Gasteiger partial charge in [-0.15, -0.1) is 0 Å². The summed E-state index contributed by atoms with van der Waals surface area (Å²) >= 11 is 1.62. The molecule has 4 heteroatoms. The van der Waals surface area contributed by atoms with Gasteiger partial charge in [-0.2, -0.15) is 5.26 Å². The van der Waals surface area contributed by atoms with Gasteiger partial charge in [0.1, 0.15) is 0 Å². The van der Waals surface area contributed by atoms with Crippen molar-refractivity contribution in [3.8, 4) is 6.07 Å². The molecule has 18 heavy (non-hydrogen) atoms. The standard InChI is InChI=1S/C14H15N3S/c15-6-3-7-18-14-16-12-8-10-4-1-2-5-11(10)9-13(12)17-14/h8-9H,1-5,7H2,(H,16,17). The number of nitrogens with zero attached hydrogens (tertiary/aromatic N) is 2. The van der Waals surface area contributed by atoms with Crippen LogP contribution in [-0.2, 0) is 12.8 Å². The molecule has 1 aromatic carbocycles. The Hall–Kier alpha value is -1.47. The average molecular weight is 257 g/mol. The zero-order valence-corrected chi connectivity index (χ0v) is 11.0. The van der Waals surface area contributed by atoms with Crippen LogP contribution >= 0.6 is 11.8 Å². The molecule has 3 rings (SSSR count). The molecule has 0 amide bonds. The molecule has 0 atom stereocenters. The first-order chi connectivity index (χ1) is 8.86. The van der Waals surface area contributed by atoms with Crippen LogP contribution in [0.5, 0.6) is 0 Å². The van der Waals surface area contributed by atoms with Crippen molar-refractivity contribution in [2.24, 2.45) is 0 Å². The Morgan fingerprint density at radius 2 is 2.06 bits per heavy atom. The van der Waals surface area contributed by atoms with Crippen molar-refractivity contribution in [3.05, 3.63) is 23.3 Å². The first-order valence-electron chi connectivity index (χ1n) is 6.38. The Morgan fingerprint density at radius 3 is 2.83 bits per heavy atom. The van der Waals surface area contributed by atoms with Gasteiger partial charge in [-0.1, -0.05) is 11.8 Å². The fourth-order valence-electron chi connectivity index (χ4n) is 2.48. The first-order valence-corrected chi connectivity index (χ1v) is 7.36. The van der Waals surface area contributed by atoms with Crippen LogP contribution < -0.4 is 0 Å². The summed E-state index contributed by atoms with van der Waals surface area (Å²) in [4.78, 5) is 7.94. The van der Waals surface area contributed by atoms with Gasteiger partial charge in [-0.05, 0) is 48.9 Å². The quantitative estimate of drug-likeness (QED) is 0.677. The number of nitriles is 1. The van der Waals surface area contributed by atoms with E-state index in [-0.39, 0.29) is 0 Å². The largest absolute Gasteiger partial charge is 0.333 e. The maximum Gasteiger partial charge on any atom is 0.166 e. The van der Waals surface area contributed by atoms with Crippen molar-refractivity contribution in [2.45, 2.75) is 37.3 Å². The average Bonchev–Trinajstić information content (AvgIpc) is 2.77. The summed E-state index contributed by atoms with van der Waals surface area (Å²) in [6.45, 7) is 0. The molecular formula is C14H15N3S. The van der Waals surface area contributed by atoms with E-state index in [1.54, 1.807) is 11.8 Å². The third-order valence-corrected chi connectivity index (χ3v) is 4.25. The molecule has 1 aliphatic rings. The number of H-pyrrole nitrogens is 1. The molecule has 1 N–H and O–H groups in total. The molecule has 1 aromatic heterocycles. The number of hydrogen-bond donors (Lipinski definition) is 1. The highest BCUT2D eigenvalue weighted by Gasteiger charge is 2.12. The lowest BCUT2D eigenvalue weighted by molar-refractivity contribution is 0.687. The summed E-state index contributed by atoms with van der Waals surface area (Å²) < 4.78 is 0. The highest BCUT2D eigenvalue weighted by Crippen LogP contribution is 2.27. The van der Waals surface area contributed by atoms with Gasteiger partial charge in [0, 0.05) is 12.2 Å². The van der Waals surface area contributed by atoms with Gasteiger partial charge >= 0.3 is 0 Å². The molecule has 3 nitrogen and oxygen atoms in total. The molecule has 0 bridgehead atoms.